The molecule has 3 aromatic rings. The van der Waals surface area contributed by atoms with E-state index in [1.54, 1.807) is 36.4 Å². The molecule has 34 heavy (non-hydrogen) atoms. The number of benzene rings is 3. The summed E-state index contributed by atoms with van der Waals surface area (Å²) in [6, 6.07) is 22.3. The molecule has 5 nitrogen and oxygen atoms in total. The summed E-state index contributed by atoms with van der Waals surface area (Å²) in [5, 5.41) is 2.88. The SMILES string of the molecule is Cc1ccc(N(CC(=O)NCCCSCc2cccc(C)c2)S(=O)(=O)c2ccc(C)cc2)cc1. The lowest BCUT2D eigenvalue weighted by atomic mass is 10.2. The molecule has 0 saturated heterocycles. The third-order valence-corrected chi connectivity index (χ3v) is 8.26. The zero-order chi connectivity index (χ0) is 24.6. The van der Waals surface area contributed by atoms with Gasteiger partial charge in [-0.1, -0.05) is 65.2 Å². The second-order valence-corrected chi connectivity index (χ2v) is 11.4. The van der Waals surface area contributed by atoms with Crippen LogP contribution in [0.3, 0.4) is 0 Å². The Morgan fingerprint density at radius 2 is 1.53 bits per heavy atom. The Labute approximate surface area is 207 Å². The van der Waals surface area contributed by atoms with Crippen LogP contribution in [0.1, 0.15) is 28.7 Å². The Balaban J connectivity index is 1.58. The van der Waals surface area contributed by atoms with Crippen molar-refractivity contribution in [1.29, 1.82) is 0 Å². The molecule has 0 heterocycles. The van der Waals surface area contributed by atoms with Crippen molar-refractivity contribution in [3.05, 3.63) is 95.1 Å². The van der Waals surface area contributed by atoms with Crippen LogP contribution in [0.15, 0.2) is 77.7 Å². The van der Waals surface area contributed by atoms with Gasteiger partial charge in [-0.2, -0.15) is 11.8 Å². The van der Waals surface area contributed by atoms with E-state index in [1.165, 1.54) is 15.4 Å². The summed E-state index contributed by atoms with van der Waals surface area (Å²) < 4.78 is 27.9. The van der Waals surface area contributed by atoms with Crippen molar-refractivity contribution in [3.8, 4) is 0 Å². The second kappa shape index (κ2) is 12.1. The van der Waals surface area contributed by atoms with Crippen LogP contribution in [0.4, 0.5) is 5.69 Å². The van der Waals surface area contributed by atoms with Crippen LogP contribution in [0.2, 0.25) is 0 Å². The van der Waals surface area contributed by atoms with Gasteiger partial charge in [-0.3, -0.25) is 9.10 Å². The average molecular weight is 497 g/mol. The minimum Gasteiger partial charge on any atom is -0.354 e. The highest BCUT2D eigenvalue weighted by Crippen LogP contribution is 2.24. The third kappa shape index (κ3) is 7.37. The number of sulfonamides is 1. The van der Waals surface area contributed by atoms with Crippen molar-refractivity contribution in [2.24, 2.45) is 0 Å². The fraction of sp³-hybridized carbons (Fsp3) is 0.296. The fourth-order valence-electron chi connectivity index (χ4n) is 3.44. The van der Waals surface area contributed by atoms with Crippen LogP contribution in [0.25, 0.3) is 0 Å². The van der Waals surface area contributed by atoms with Crippen LogP contribution in [0.5, 0.6) is 0 Å². The summed E-state index contributed by atoms with van der Waals surface area (Å²) >= 11 is 1.82. The average Bonchev–Trinajstić information content (AvgIpc) is 2.81. The first kappa shape index (κ1) is 25.8. The molecule has 180 valence electrons. The number of amides is 1. The summed E-state index contributed by atoms with van der Waals surface area (Å²) in [4.78, 5) is 12.9. The quantitative estimate of drug-likeness (QED) is 0.368. The number of carbonyl (C=O) groups excluding carboxylic acids is 1. The molecule has 3 aromatic carbocycles. The van der Waals surface area contributed by atoms with Crippen molar-refractivity contribution in [1.82, 2.24) is 5.32 Å². The standard InChI is InChI=1S/C27H32N2O3S2/c1-21-8-12-25(13-9-21)29(34(31,32)26-14-10-22(2)11-15-26)19-27(30)28-16-5-17-33-20-24-7-4-6-23(3)18-24/h4,6-15,18H,5,16-17,19-20H2,1-3H3,(H,28,30). The van der Waals surface area contributed by atoms with E-state index in [0.717, 1.165) is 29.1 Å². The van der Waals surface area contributed by atoms with E-state index >= 15 is 0 Å². The number of carbonyl (C=O) groups is 1. The van der Waals surface area contributed by atoms with E-state index in [4.69, 9.17) is 0 Å². The van der Waals surface area contributed by atoms with Crippen molar-refractivity contribution in [2.45, 2.75) is 37.8 Å². The summed E-state index contributed by atoms with van der Waals surface area (Å²) in [5.74, 6) is 1.53. The highest BCUT2D eigenvalue weighted by Gasteiger charge is 2.27. The Morgan fingerprint density at radius 3 is 2.18 bits per heavy atom. The van der Waals surface area contributed by atoms with Crippen molar-refractivity contribution in [3.63, 3.8) is 0 Å². The molecule has 0 atom stereocenters. The normalized spacial score (nSPS) is 11.3. The summed E-state index contributed by atoms with van der Waals surface area (Å²) in [5.41, 5.74) is 5.01. The molecule has 0 aromatic heterocycles. The predicted molar refractivity (Wildman–Crippen MR) is 142 cm³/mol. The molecule has 3 rings (SSSR count). The third-order valence-electron chi connectivity index (χ3n) is 5.36. The summed E-state index contributed by atoms with van der Waals surface area (Å²) in [6.45, 7) is 6.16. The molecular weight excluding hydrogens is 464 g/mol. The first-order valence-electron chi connectivity index (χ1n) is 11.3. The van der Waals surface area contributed by atoms with Gasteiger partial charge < -0.3 is 5.32 Å². The highest BCUT2D eigenvalue weighted by atomic mass is 32.2. The molecular formula is C27H32N2O3S2. The van der Waals surface area contributed by atoms with E-state index in [-0.39, 0.29) is 17.3 Å². The van der Waals surface area contributed by atoms with Crippen LogP contribution in [-0.2, 0) is 20.6 Å². The molecule has 0 spiro atoms. The van der Waals surface area contributed by atoms with E-state index in [2.05, 4.69) is 36.5 Å². The van der Waals surface area contributed by atoms with Gasteiger partial charge in [-0.05, 0) is 62.8 Å². The van der Waals surface area contributed by atoms with Gasteiger partial charge in [0.25, 0.3) is 10.0 Å². The first-order valence-corrected chi connectivity index (χ1v) is 13.9. The number of rotatable bonds is 11. The molecule has 7 heteroatoms. The van der Waals surface area contributed by atoms with Crippen molar-refractivity contribution >= 4 is 33.4 Å². The van der Waals surface area contributed by atoms with Crippen LogP contribution < -0.4 is 9.62 Å². The molecule has 0 fully saturated rings. The molecule has 0 saturated carbocycles. The number of hydrogen-bond donors (Lipinski definition) is 1. The molecule has 1 N–H and O–H groups in total. The van der Waals surface area contributed by atoms with Crippen molar-refractivity contribution in [2.75, 3.05) is 23.1 Å². The maximum Gasteiger partial charge on any atom is 0.264 e. The fourth-order valence-corrected chi connectivity index (χ4v) is 5.77. The Kier molecular flexibility index (Phi) is 9.19. The summed E-state index contributed by atoms with van der Waals surface area (Å²) in [6.07, 6.45) is 0.817. The van der Waals surface area contributed by atoms with Crippen molar-refractivity contribution < 1.29 is 13.2 Å². The number of hydrogen-bond acceptors (Lipinski definition) is 4. The number of nitrogens with zero attached hydrogens (tertiary/aromatic N) is 1. The topological polar surface area (TPSA) is 66.5 Å². The van der Waals surface area contributed by atoms with Gasteiger partial charge in [0.05, 0.1) is 10.6 Å². The second-order valence-electron chi connectivity index (χ2n) is 8.41. The van der Waals surface area contributed by atoms with Gasteiger partial charge >= 0.3 is 0 Å². The maximum absolute atomic E-state index is 13.4. The van der Waals surface area contributed by atoms with Crippen LogP contribution in [-0.4, -0.2) is 33.2 Å². The molecule has 0 aliphatic heterocycles. The predicted octanol–water partition coefficient (Wildman–Crippen LogP) is 5.25. The Morgan fingerprint density at radius 1 is 0.882 bits per heavy atom. The molecule has 0 aliphatic carbocycles. The van der Waals surface area contributed by atoms with Crippen LogP contribution in [0, 0.1) is 20.8 Å². The first-order chi connectivity index (χ1) is 16.3. The minimum atomic E-state index is -3.88. The summed E-state index contributed by atoms with van der Waals surface area (Å²) in [7, 11) is -3.88. The maximum atomic E-state index is 13.4. The number of aryl methyl sites for hydroxylation is 3. The lowest BCUT2D eigenvalue weighted by Crippen LogP contribution is -2.41. The van der Waals surface area contributed by atoms with E-state index < -0.39 is 10.0 Å². The lowest BCUT2D eigenvalue weighted by molar-refractivity contribution is -0.119. The van der Waals surface area contributed by atoms with Gasteiger partial charge in [0, 0.05) is 12.3 Å². The van der Waals surface area contributed by atoms with Gasteiger partial charge in [0.2, 0.25) is 5.91 Å². The van der Waals surface area contributed by atoms with Gasteiger partial charge in [0.1, 0.15) is 6.54 Å². The number of thioether (sulfide) groups is 1. The zero-order valence-corrected chi connectivity index (χ0v) is 21.6. The van der Waals surface area contributed by atoms with Gasteiger partial charge in [-0.15, -0.1) is 0 Å². The van der Waals surface area contributed by atoms with Gasteiger partial charge in [-0.25, -0.2) is 8.42 Å². The zero-order valence-electron chi connectivity index (χ0n) is 20.0. The Hall–Kier alpha value is -2.77. The molecule has 0 radical (unpaired) electrons. The van der Waals surface area contributed by atoms with Crippen LogP contribution >= 0.6 is 11.8 Å². The van der Waals surface area contributed by atoms with E-state index in [1.807, 2.05) is 37.7 Å². The van der Waals surface area contributed by atoms with E-state index in [9.17, 15) is 13.2 Å². The largest absolute Gasteiger partial charge is 0.354 e. The molecule has 0 unspecified atom stereocenters. The highest BCUT2D eigenvalue weighted by molar-refractivity contribution is 7.98. The monoisotopic (exact) mass is 496 g/mol. The minimum absolute atomic E-state index is 0.166. The molecule has 0 bridgehead atoms. The molecule has 0 aliphatic rings. The number of nitrogens with one attached hydrogen (secondary N) is 1. The Bertz CT molecular complexity index is 1190. The molecule has 1 amide bonds. The lowest BCUT2D eigenvalue weighted by Gasteiger charge is -2.24. The number of anilines is 1. The smallest absolute Gasteiger partial charge is 0.264 e. The van der Waals surface area contributed by atoms with Gasteiger partial charge in [0.15, 0.2) is 0 Å². The van der Waals surface area contributed by atoms with E-state index in [0.29, 0.717) is 12.2 Å².